The molecule has 1 aliphatic heterocycles. The van der Waals surface area contributed by atoms with E-state index in [0.717, 1.165) is 32.6 Å². The molecule has 0 radical (unpaired) electrons. The van der Waals surface area contributed by atoms with Crippen molar-refractivity contribution in [2.75, 3.05) is 21.2 Å². The number of ether oxygens (including phenoxy) is 1. The molecule has 0 fully saturated rings. The molecule has 0 amide bonds. The summed E-state index contributed by atoms with van der Waals surface area (Å²) in [6.45, 7) is 0. The maximum atomic E-state index is 6.18. The summed E-state index contributed by atoms with van der Waals surface area (Å²) in [7, 11) is 5.67. The Hall–Kier alpha value is -1.91. The van der Waals surface area contributed by atoms with E-state index in [-0.39, 0.29) is 0 Å². The standard InChI is InChI=1S/C18H17ClN2OS/c1-21(2)18-20-15-9-8-13(19)11-14(15)17(23-18)10-12-6-4-5-7-16(12)22-3/h4-11H,1-3H3. The van der Waals surface area contributed by atoms with Gasteiger partial charge in [-0.15, -0.1) is 0 Å². The molecular weight excluding hydrogens is 328 g/mol. The quantitative estimate of drug-likeness (QED) is 0.753. The first-order valence-electron chi connectivity index (χ1n) is 7.17. The lowest BCUT2D eigenvalue weighted by atomic mass is 10.1. The van der Waals surface area contributed by atoms with E-state index in [9.17, 15) is 0 Å². The summed E-state index contributed by atoms with van der Waals surface area (Å²) < 4.78 is 5.45. The van der Waals surface area contributed by atoms with E-state index in [0.29, 0.717) is 5.02 Å². The SMILES string of the molecule is COc1ccccc1C=C1SC(N(C)C)=Nc2ccc(Cl)cc21. The summed E-state index contributed by atoms with van der Waals surface area (Å²) in [4.78, 5) is 7.81. The van der Waals surface area contributed by atoms with E-state index in [1.165, 1.54) is 0 Å². The van der Waals surface area contributed by atoms with Gasteiger partial charge in [0.25, 0.3) is 0 Å². The first-order chi connectivity index (χ1) is 11.1. The molecule has 3 rings (SSSR count). The van der Waals surface area contributed by atoms with Crippen LogP contribution in [-0.2, 0) is 0 Å². The number of nitrogens with zero attached hydrogens (tertiary/aromatic N) is 2. The van der Waals surface area contributed by atoms with Crippen LogP contribution >= 0.6 is 23.4 Å². The van der Waals surface area contributed by atoms with E-state index in [4.69, 9.17) is 21.3 Å². The monoisotopic (exact) mass is 344 g/mol. The molecule has 118 valence electrons. The molecule has 0 atom stereocenters. The molecular formula is C18H17ClN2OS. The van der Waals surface area contributed by atoms with Crippen molar-refractivity contribution < 1.29 is 4.74 Å². The van der Waals surface area contributed by atoms with Gasteiger partial charge in [-0.2, -0.15) is 0 Å². The van der Waals surface area contributed by atoms with Crippen molar-refractivity contribution in [3.63, 3.8) is 0 Å². The van der Waals surface area contributed by atoms with E-state index >= 15 is 0 Å². The van der Waals surface area contributed by atoms with Crippen LogP contribution in [0.5, 0.6) is 5.75 Å². The van der Waals surface area contributed by atoms with Crippen molar-refractivity contribution in [1.82, 2.24) is 4.90 Å². The van der Waals surface area contributed by atoms with Crippen molar-refractivity contribution in [1.29, 1.82) is 0 Å². The highest BCUT2D eigenvalue weighted by Crippen LogP contribution is 2.43. The summed E-state index contributed by atoms with van der Waals surface area (Å²) in [6, 6.07) is 13.7. The first kappa shape index (κ1) is 16.0. The van der Waals surface area contributed by atoms with Gasteiger partial charge in [0.1, 0.15) is 5.75 Å². The minimum absolute atomic E-state index is 0.707. The first-order valence-corrected chi connectivity index (χ1v) is 8.36. The molecule has 0 unspecified atom stereocenters. The van der Waals surface area contributed by atoms with Crippen molar-refractivity contribution in [2.24, 2.45) is 4.99 Å². The van der Waals surface area contributed by atoms with E-state index in [2.05, 4.69) is 6.08 Å². The van der Waals surface area contributed by atoms with Crippen molar-refractivity contribution >= 4 is 45.2 Å². The van der Waals surface area contributed by atoms with Crippen LogP contribution < -0.4 is 4.74 Å². The van der Waals surface area contributed by atoms with Gasteiger partial charge in [0.15, 0.2) is 5.17 Å². The maximum absolute atomic E-state index is 6.18. The van der Waals surface area contributed by atoms with Crippen molar-refractivity contribution in [3.8, 4) is 5.75 Å². The molecule has 0 N–H and O–H groups in total. The minimum Gasteiger partial charge on any atom is -0.496 e. The van der Waals surface area contributed by atoms with Crippen LogP contribution in [0.3, 0.4) is 0 Å². The molecule has 3 nitrogen and oxygen atoms in total. The van der Waals surface area contributed by atoms with E-state index in [1.807, 2.05) is 61.5 Å². The Labute approximate surface area is 145 Å². The van der Waals surface area contributed by atoms with Gasteiger partial charge in [-0.05, 0) is 30.3 Å². The van der Waals surface area contributed by atoms with E-state index in [1.54, 1.807) is 18.9 Å². The Balaban J connectivity index is 2.14. The third-order valence-electron chi connectivity index (χ3n) is 3.45. The highest BCUT2D eigenvalue weighted by molar-refractivity contribution is 8.21. The van der Waals surface area contributed by atoms with Gasteiger partial charge < -0.3 is 9.64 Å². The summed E-state index contributed by atoms with van der Waals surface area (Å²) in [6.07, 6.45) is 2.12. The number of amidine groups is 1. The summed E-state index contributed by atoms with van der Waals surface area (Å²) in [5, 5.41) is 1.65. The van der Waals surface area contributed by atoms with Crippen LogP contribution in [-0.4, -0.2) is 31.3 Å². The van der Waals surface area contributed by atoms with Gasteiger partial charge in [0.05, 0.1) is 12.8 Å². The van der Waals surface area contributed by atoms with E-state index < -0.39 is 0 Å². The molecule has 2 aromatic rings. The fourth-order valence-corrected chi connectivity index (χ4v) is 3.46. The molecule has 1 aliphatic rings. The molecule has 0 saturated heterocycles. The topological polar surface area (TPSA) is 24.8 Å². The number of para-hydroxylation sites is 1. The molecule has 0 saturated carbocycles. The normalized spacial score (nSPS) is 15.1. The summed E-state index contributed by atoms with van der Waals surface area (Å²) >= 11 is 7.81. The van der Waals surface area contributed by atoms with Gasteiger partial charge in [0.2, 0.25) is 0 Å². The smallest absolute Gasteiger partial charge is 0.168 e. The number of thioether (sulfide) groups is 1. The zero-order chi connectivity index (χ0) is 16.4. The summed E-state index contributed by atoms with van der Waals surface area (Å²) in [5.74, 6) is 0.845. The predicted octanol–water partition coefficient (Wildman–Crippen LogP) is 5.14. The van der Waals surface area contributed by atoms with Gasteiger partial charge in [-0.25, -0.2) is 4.99 Å². The number of hydrogen-bond acceptors (Lipinski definition) is 4. The Morgan fingerprint density at radius 1 is 1.17 bits per heavy atom. The number of fused-ring (bicyclic) bond motifs is 1. The second-order valence-corrected chi connectivity index (χ2v) is 6.75. The molecule has 0 aliphatic carbocycles. The number of aliphatic imine (C=N–C) groups is 1. The fourth-order valence-electron chi connectivity index (χ4n) is 2.31. The number of methoxy groups -OCH3 is 1. The predicted molar refractivity (Wildman–Crippen MR) is 101 cm³/mol. The van der Waals surface area contributed by atoms with Crippen LogP contribution in [0.2, 0.25) is 5.02 Å². The molecule has 5 heteroatoms. The second-order valence-electron chi connectivity index (χ2n) is 5.30. The number of halogens is 1. The zero-order valence-electron chi connectivity index (χ0n) is 13.2. The molecule has 1 heterocycles. The molecule has 23 heavy (non-hydrogen) atoms. The number of rotatable bonds is 2. The van der Waals surface area contributed by atoms with Crippen LogP contribution in [0.4, 0.5) is 5.69 Å². The van der Waals surface area contributed by atoms with Gasteiger partial charge in [-0.3, -0.25) is 0 Å². The second kappa shape index (κ2) is 6.69. The zero-order valence-corrected chi connectivity index (χ0v) is 14.8. The Morgan fingerprint density at radius 2 is 1.96 bits per heavy atom. The average molecular weight is 345 g/mol. The van der Waals surface area contributed by atoms with Crippen molar-refractivity contribution in [2.45, 2.75) is 0 Å². The maximum Gasteiger partial charge on any atom is 0.168 e. The van der Waals surface area contributed by atoms with Crippen LogP contribution in [0.1, 0.15) is 11.1 Å². The van der Waals surface area contributed by atoms with Gasteiger partial charge in [0, 0.05) is 35.2 Å². The Kier molecular flexibility index (Phi) is 4.64. The van der Waals surface area contributed by atoms with Crippen molar-refractivity contribution in [3.05, 3.63) is 58.6 Å². The molecule has 2 aromatic carbocycles. The van der Waals surface area contributed by atoms with Gasteiger partial charge in [-0.1, -0.05) is 41.6 Å². The fraction of sp³-hybridized carbons (Fsp3) is 0.167. The Bertz CT molecular complexity index is 799. The molecule has 0 spiro atoms. The van der Waals surface area contributed by atoms with Crippen LogP contribution in [0.15, 0.2) is 47.5 Å². The lowest BCUT2D eigenvalue weighted by molar-refractivity contribution is 0.414. The number of benzene rings is 2. The Morgan fingerprint density at radius 3 is 2.70 bits per heavy atom. The lowest BCUT2D eigenvalue weighted by Gasteiger charge is -2.23. The lowest BCUT2D eigenvalue weighted by Crippen LogP contribution is -2.19. The molecule has 0 bridgehead atoms. The minimum atomic E-state index is 0.707. The highest BCUT2D eigenvalue weighted by Gasteiger charge is 2.20. The highest BCUT2D eigenvalue weighted by atomic mass is 35.5. The molecule has 0 aromatic heterocycles. The largest absolute Gasteiger partial charge is 0.496 e. The number of hydrogen-bond donors (Lipinski definition) is 0. The third-order valence-corrected chi connectivity index (χ3v) is 4.88. The van der Waals surface area contributed by atoms with Crippen LogP contribution in [0.25, 0.3) is 11.0 Å². The average Bonchev–Trinajstić information content (AvgIpc) is 2.55. The van der Waals surface area contributed by atoms with Gasteiger partial charge >= 0.3 is 0 Å². The van der Waals surface area contributed by atoms with Crippen LogP contribution in [0, 0.1) is 0 Å². The summed E-state index contributed by atoms with van der Waals surface area (Å²) in [5.41, 5.74) is 3.00. The third kappa shape index (κ3) is 3.38.